The van der Waals surface area contributed by atoms with E-state index in [0.29, 0.717) is 6.04 Å². The van der Waals surface area contributed by atoms with E-state index >= 15 is 0 Å². The van der Waals surface area contributed by atoms with E-state index in [9.17, 15) is 0 Å². The van der Waals surface area contributed by atoms with E-state index in [1.165, 1.54) is 25.7 Å². The summed E-state index contributed by atoms with van der Waals surface area (Å²) in [6.45, 7) is 2.28. The van der Waals surface area contributed by atoms with Crippen molar-refractivity contribution in [2.75, 3.05) is 5.32 Å². The lowest BCUT2D eigenvalue weighted by molar-refractivity contribution is 0.489. The molecule has 0 bridgehead atoms. The fourth-order valence-electron chi connectivity index (χ4n) is 2.52. The zero-order valence-corrected chi connectivity index (χ0v) is 11.8. The van der Waals surface area contributed by atoms with Crippen LogP contribution in [0.15, 0.2) is 22.7 Å². The third kappa shape index (κ3) is 2.72. The van der Waals surface area contributed by atoms with Gasteiger partial charge in [0.2, 0.25) is 0 Å². The Hall–Kier alpha value is -0.210. The molecule has 3 heteroatoms. The van der Waals surface area contributed by atoms with Crippen LogP contribution in [0, 0.1) is 5.92 Å². The van der Waals surface area contributed by atoms with E-state index in [1.807, 2.05) is 18.2 Å². The van der Waals surface area contributed by atoms with Crippen LogP contribution < -0.4 is 5.32 Å². The van der Waals surface area contributed by atoms with Gasteiger partial charge in [-0.2, -0.15) is 0 Å². The Bertz CT molecular complexity index is 367. The summed E-state index contributed by atoms with van der Waals surface area (Å²) < 4.78 is 1.10. The van der Waals surface area contributed by atoms with Crippen LogP contribution in [0.3, 0.4) is 0 Å². The Labute approximate surface area is 111 Å². The van der Waals surface area contributed by atoms with Crippen molar-refractivity contribution in [2.45, 2.75) is 38.6 Å². The molecule has 1 aliphatic rings. The average molecular weight is 303 g/mol. The van der Waals surface area contributed by atoms with Gasteiger partial charge in [0.05, 0.1) is 5.69 Å². The topological polar surface area (TPSA) is 12.0 Å². The molecule has 2 unspecified atom stereocenters. The normalized spacial score (nSPS) is 24.7. The Kier molecular flexibility index (Phi) is 4.15. The summed E-state index contributed by atoms with van der Waals surface area (Å²) >= 11 is 9.57. The molecule has 1 aromatic rings. The molecular weight excluding hydrogens is 286 g/mol. The second-order valence-electron chi connectivity index (χ2n) is 4.47. The molecule has 0 saturated heterocycles. The third-order valence-electron chi connectivity index (χ3n) is 3.45. The number of hydrogen-bond acceptors (Lipinski definition) is 1. The lowest BCUT2D eigenvalue weighted by Gasteiger charge is -2.21. The molecule has 0 spiro atoms. The van der Waals surface area contributed by atoms with Gasteiger partial charge in [0.1, 0.15) is 0 Å². The van der Waals surface area contributed by atoms with Gasteiger partial charge >= 0.3 is 0 Å². The van der Waals surface area contributed by atoms with Crippen molar-refractivity contribution >= 4 is 33.2 Å². The van der Waals surface area contributed by atoms with Gasteiger partial charge in [0.25, 0.3) is 0 Å². The van der Waals surface area contributed by atoms with E-state index < -0.39 is 0 Å². The molecule has 1 saturated carbocycles. The van der Waals surface area contributed by atoms with Crippen molar-refractivity contribution in [3.63, 3.8) is 0 Å². The van der Waals surface area contributed by atoms with Gasteiger partial charge in [-0.05, 0) is 52.9 Å². The molecule has 2 rings (SSSR count). The monoisotopic (exact) mass is 301 g/mol. The van der Waals surface area contributed by atoms with E-state index in [2.05, 4.69) is 28.2 Å². The van der Waals surface area contributed by atoms with Gasteiger partial charge in [-0.15, -0.1) is 0 Å². The van der Waals surface area contributed by atoms with E-state index in [1.54, 1.807) is 0 Å². The van der Waals surface area contributed by atoms with Crippen LogP contribution in [0.1, 0.15) is 32.6 Å². The maximum absolute atomic E-state index is 6.01. The second kappa shape index (κ2) is 5.42. The summed E-state index contributed by atoms with van der Waals surface area (Å²) in [4.78, 5) is 0. The maximum atomic E-state index is 6.01. The number of anilines is 1. The highest BCUT2D eigenvalue weighted by atomic mass is 79.9. The first kappa shape index (κ1) is 12.3. The number of halogens is 2. The Morgan fingerprint density at radius 2 is 2.25 bits per heavy atom. The largest absolute Gasteiger partial charge is 0.381 e. The van der Waals surface area contributed by atoms with Crippen molar-refractivity contribution in [3.8, 4) is 0 Å². The fraction of sp³-hybridized carbons (Fsp3) is 0.538. The van der Waals surface area contributed by atoms with Crippen molar-refractivity contribution in [2.24, 2.45) is 5.92 Å². The van der Waals surface area contributed by atoms with Crippen LogP contribution in [0.5, 0.6) is 0 Å². The molecule has 88 valence electrons. The van der Waals surface area contributed by atoms with Crippen LogP contribution in [0.2, 0.25) is 5.02 Å². The first-order chi connectivity index (χ1) is 7.70. The summed E-state index contributed by atoms with van der Waals surface area (Å²) in [5, 5.41) is 4.41. The first-order valence-electron chi connectivity index (χ1n) is 5.92. The van der Waals surface area contributed by atoms with Gasteiger partial charge in [0.15, 0.2) is 0 Å². The molecule has 1 N–H and O–H groups in total. The first-order valence-corrected chi connectivity index (χ1v) is 7.09. The lowest BCUT2D eigenvalue weighted by atomic mass is 10.0. The van der Waals surface area contributed by atoms with Crippen molar-refractivity contribution in [1.82, 2.24) is 0 Å². The van der Waals surface area contributed by atoms with Gasteiger partial charge in [-0.25, -0.2) is 0 Å². The highest BCUT2D eigenvalue weighted by Crippen LogP contribution is 2.33. The van der Waals surface area contributed by atoms with Crippen LogP contribution in [0.4, 0.5) is 5.69 Å². The fourth-order valence-corrected chi connectivity index (χ4v) is 3.06. The summed E-state index contributed by atoms with van der Waals surface area (Å²) in [5.41, 5.74) is 1.12. The minimum Gasteiger partial charge on any atom is -0.381 e. The van der Waals surface area contributed by atoms with Crippen molar-refractivity contribution in [1.29, 1.82) is 0 Å². The predicted molar refractivity (Wildman–Crippen MR) is 74.2 cm³/mol. The van der Waals surface area contributed by atoms with Gasteiger partial charge in [-0.3, -0.25) is 0 Å². The van der Waals surface area contributed by atoms with Crippen molar-refractivity contribution in [3.05, 3.63) is 27.7 Å². The number of rotatable bonds is 3. The molecule has 1 nitrogen and oxygen atoms in total. The molecule has 0 aromatic heterocycles. The van der Waals surface area contributed by atoms with Crippen LogP contribution >= 0.6 is 27.5 Å². The molecule has 16 heavy (non-hydrogen) atoms. The summed E-state index contributed by atoms with van der Waals surface area (Å²) in [6, 6.07) is 6.51. The van der Waals surface area contributed by atoms with Gasteiger partial charge in [-0.1, -0.05) is 31.4 Å². The molecule has 0 amide bonds. The summed E-state index contributed by atoms with van der Waals surface area (Å²) in [5.74, 6) is 0.811. The molecule has 0 heterocycles. The lowest BCUT2D eigenvalue weighted by Crippen LogP contribution is -2.23. The second-order valence-corrected chi connectivity index (χ2v) is 5.77. The van der Waals surface area contributed by atoms with Crippen LogP contribution in [0.25, 0.3) is 0 Å². The van der Waals surface area contributed by atoms with E-state index in [4.69, 9.17) is 11.6 Å². The summed E-state index contributed by atoms with van der Waals surface area (Å²) in [7, 11) is 0. The standard InChI is InChI=1S/C13H17BrClN/c1-2-9-4-3-5-12(9)16-13-8-10(15)6-7-11(13)14/h6-9,12,16H,2-5H2,1H3. The molecule has 0 radical (unpaired) electrons. The van der Waals surface area contributed by atoms with E-state index in [-0.39, 0.29) is 0 Å². The van der Waals surface area contributed by atoms with Crippen molar-refractivity contribution < 1.29 is 0 Å². The van der Waals surface area contributed by atoms with Gasteiger partial charge < -0.3 is 5.32 Å². The Morgan fingerprint density at radius 1 is 1.44 bits per heavy atom. The minimum atomic E-state index is 0.611. The molecule has 0 aliphatic heterocycles. The zero-order valence-electron chi connectivity index (χ0n) is 9.47. The summed E-state index contributed by atoms with van der Waals surface area (Å²) in [6.07, 6.45) is 5.23. The molecule has 2 atom stereocenters. The third-order valence-corrected chi connectivity index (χ3v) is 4.38. The average Bonchev–Trinajstić information content (AvgIpc) is 2.71. The maximum Gasteiger partial charge on any atom is 0.0501 e. The number of hydrogen-bond donors (Lipinski definition) is 1. The zero-order chi connectivity index (χ0) is 11.5. The van der Waals surface area contributed by atoms with Crippen LogP contribution in [-0.4, -0.2) is 6.04 Å². The smallest absolute Gasteiger partial charge is 0.0501 e. The highest BCUT2D eigenvalue weighted by molar-refractivity contribution is 9.10. The van der Waals surface area contributed by atoms with Crippen LogP contribution in [-0.2, 0) is 0 Å². The Balaban J connectivity index is 2.11. The minimum absolute atomic E-state index is 0.611. The number of benzene rings is 1. The number of nitrogens with one attached hydrogen (secondary N) is 1. The quantitative estimate of drug-likeness (QED) is 0.819. The SMILES string of the molecule is CCC1CCCC1Nc1cc(Cl)ccc1Br. The predicted octanol–water partition coefficient (Wildman–Crippen LogP) is 5.09. The molecule has 1 fully saturated rings. The molecule has 1 aliphatic carbocycles. The Morgan fingerprint density at radius 3 is 3.00 bits per heavy atom. The molecule has 1 aromatic carbocycles. The molecular formula is C13H17BrClN. The van der Waals surface area contributed by atoms with Gasteiger partial charge in [0, 0.05) is 15.5 Å². The highest BCUT2D eigenvalue weighted by Gasteiger charge is 2.25. The van der Waals surface area contributed by atoms with E-state index in [0.717, 1.165) is 21.1 Å².